The number of carbonyl (C=O) groups excluding carboxylic acids is 1. The molecule has 0 aliphatic carbocycles. The van der Waals surface area contributed by atoms with E-state index in [1.807, 2.05) is 6.92 Å². The zero-order chi connectivity index (χ0) is 9.59. The summed E-state index contributed by atoms with van der Waals surface area (Å²) in [6.45, 7) is 1.84. The summed E-state index contributed by atoms with van der Waals surface area (Å²) < 4.78 is 0. The van der Waals surface area contributed by atoms with Crippen molar-refractivity contribution in [2.45, 2.75) is 12.8 Å². The third-order valence-corrected chi connectivity index (χ3v) is 2.37. The van der Waals surface area contributed by atoms with Crippen molar-refractivity contribution in [3.63, 3.8) is 0 Å². The predicted octanol–water partition coefficient (Wildman–Crippen LogP) is 1.75. The van der Waals surface area contributed by atoms with Crippen molar-refractivity contribution in [3.8, 4) is 0 Å². The molecule has 4 nitrogen and oxygen atoms in total. The molecule has 0 saturated carbocycles. The van der Waals surface area contributed by atoms with Crippen molar-refractivity contribution in [1.82, 2.24) is 0 Å². The van der Waals surface area contributed by atoms with E-state index in [0.29, 0.717) is 11.4 Å². The van der Waals surface area contributed by atoms with E-state index in [0.717, 1.165) is 11.3 Å². The lowest BCUT2D eigenvalue weighted by Gasteiger charge is -2.05. The van der Waals surface area contributed by atoms with Crippen molar-refractivity contribution < 1.29 is 4.79 Å². The average Bonchev–Trinajstić information content (AvgIpc) is 2.32. The van der Waals surface area contributed by atoms with Crippen LogP contribution in [0.15, 0.2) is 12.1 Å². The van der Waals surface area contributed by atoms with Crippen LogP contribution in [0, 0.1) is 0 Å². The summed E-state index contributed by atoms with van der Waals surface area (Å²) >= 11 is 0. The number of anilines is 3. The van der Waals surface area contributed by atoms with Gasteiger partial charge in [0.1, 0.15) is 0 Å². The van der Waals surface area contributed by atoms with E-state index in [2.05, 4.69) is 5.32 Å². The third kappa shape index (κ3) is 2.11. The van der Waals surface area contributed by atoms with Gasteiger partial charge in [-0.05, 0) is 24.6 Å². The van der Waals surface area contributed by atoms with Crippen LogP contribution >= 0.6 is 24.8 Å². The molecule has 5 N–H and O–H groups in total. The standard InChI is InChI=1S/C9H11N3O.2ClH/c1-4-5-2-6(10)7(11)3-8(5)12-9(4)13;;/h2-4H,10-11H2,1H3,(H,12,13);2*1H. The molecule has 0 radical (unpaired) electrons. The Morgan fingerprint density at radius 2 is 1.73 bits per heavy atom. The fourth-order valence-electron chi connectivity index (χ4n) is 1.50. The second kappa shape index (κ2) is 4.59. The van der Waals surface area contributed by atoms with Crippen LogP contribution < -0.4 is 16.8 Å². The summed E-state index contributed by atoms with van der Waals surface area (Å²) in [6, 6.07) is 3.46. The molecule has 1 aliphatic rings. The minimum Gasteiger partial charge on any atom is -0.397 e. The maximum atomic E-state index is 11.3. The number of nitrogens with two attached hydrogens (primary N) is 2. The molecule has 1 aromatic rings. The molecule has 1 aromatic carbocycles. The minimum atomic E-state index is -0.127. The lowest BCUT2D eigenvalue weighted by molar-refractivity contribution is -0.116. The summed E-state index contributed by atoms with van der Waals surface area (Å²) in [5.41, 5.74) is 14.0. The molecule has 1 atom stereocenters. The molecule has 6 heteroatoms. The van der Waals surface area contributed by atoms with Crippen molar-refractivity contribution in [2.24, 2.45) is 0 Å². The number of nitrogen functional groups attached to an aromatic ring is 2. The molecule has 0 spiro atoms. The molecule has 0 aromatic heterocycles. The Kier molecular flexibility index (Phi) is 4.25. The Morgan fingerprint density at radius 1 is 1.20 bits per heavy atom. The zero-order valence-electron chi connectivity index (χ0n) is 8.11. The van der Waals surface area contributed by atoms with Gasteiger partial charge in [-0.3, -0.25) is 4.79 Å². The monoisotopic (exact) mass is 249 g/mol. The van der Waals surface area contributed by atoms with Crippen LogP contribution in [0.1, 0.15) is 18.4 Å². The number of hydrogen-bond acceptors (Lipinski definition) is 3. The number of benzene rings is 1. The number of fused-ring (bicyclic) bond motifs is 1. The van der Waals surface area contributed by atoms with E-state index < -0.39 is 0 Å². The molecule has 0 bridgehead atoms. The number of nitrogens with one attached hydrogen (secondary N) is 1. The quantitative estimate of drug-likeness (QED) is 0.613. The lowest BCUT2D eigenvalue weighted by atomic mass is 10.0. The Hall–Kier alpha value is -1.13. The highest BCUT2D eigenvalue weighted by Gasteiger charge is 2.26. The van der Waals surface area contributed by atoms with Crippen LogP contribution in [0.4, 0.5) is 17.1 Å². The molecule has 0 fully saturated rings. The summed E-state index contributed by atoms with van der Waals surface area (Å²) in [4.78, 5) is 11.3. The molecule has 0 saturated heterocycles. The predicted molar refractivity (Wildman–Crippen MR) is 66.8 cm³/mol. The third-order valence-electron chi connectivity index (χ3n) is 2.37. The molecule has 1 amide bonds. The molecule has 2 rings (SSSR count). The van der Waals surface area contributed by atoms with Gasteiger partial charge in [0, 0.05) is 5.69 Å². The highest BCUT2D eigenvalue weighted by atomic mass is 35.5. The summed E-state index contributed by atoms with van der Waals surface area (Å²) in [6.07, 6.45) is 0. The van der Waals surface area contributed by atoms with E-state index >= 15 is 0 Å². The normalized spacial score (nSPS) is 17.1. The first-order valence-corrected chi connectivity index (χ1v) is 4.09. The fourth-order valence-corrected chi connectivity index (χ4v) is 1.50. The van der Waals surface area contributed by atoms with Gasteiger partial charge in [-0.25, -0.2) is 0 Å². The topological polar surface area (TPSA) is 81.1 Å². The van der Waals surface area contributed by atoms with Crippen molar-refractivity contribution in [1.29, 1.82) is 0 Å². The van der Waals surface area contributed by atoms with Crippen LogP contribution in [0.2, 0.25) is 0 Å². The maximum absolute atomic E-state index is 11.3. The number of carbonyl (C=O) groups is 1. The van der Waals surface area contributed by atoms with Gasteiger partial charge >= 0.3 is 0 Å². The molecule has 84 valence electrons. The van der Waals surface area contributed by atoms with Gasteiger partial charge in [0.25, 0.3) is 0 Å². The number of halogens is 2. The van der Waals surface area contributed by atoms with Crippen molar-refractivity contribution >= 4 is 47.8 Å². The molecule has 1 heterocycles. The van der Waals surface area contributed by atoms with Crippen LogP contribution in [0.3, 0.4) is 0 Å². The van der Waals surface area contributed by atoms with Gasteiger partial charge in [0.15, 0.2) is 0 Å². The van der Waals surface area contributed by atoms with Crippen LogP contribution in [0.25, 0.3) is 0 Å². The maximum Gasteiger partial charge on any atom is 0.231 e. The lowest BCUT2D eigenvalue weighted by Crippen LogP contribution is -2.08. The first kappa shape index (κ1) is 13.9. The highest BCUT2D eigenvalue weighted by Crippen LogP contribution is 2.36. The Bertz CT molecular complexity index is 395. The summed E-state index contributed by atoms with van der Waals surface area (Å²) in [7, 11) is 0. The minimum absolute atomic E-state index is 0. The second-order valence-corrected chi connectivity index (χ2v) is 3.28. The molecular weight excluding hydrogens is 237 g/mol. The first-order chi connectivity index (χ1) is 6.09. The van der Waals surface area contributed by atoms with Gasteiger partial charge in [-0.15, -0.1) is 24.8 Å². The van der Waals surface area contributed by atoms with Crippen LogP contribution in [0.5, 0.6) is 0 Å². The summed E-state index contributed by atoms with van der Waals surface area (Å²) in [5, 5.41) is 2.74. The average molecular weight is 250 g/mol. The molecule has 15 heavy (non-hydrogen) atoms. The number of amides is 1. The fraction of sp³-hybridized carbons (Fsp3) is 0.222. The van der Waals surface area contributed by atoms with Gasteiger partial charge < -0.3 is 16.8 Å². The van der Waals surface area contributed by atoms with E-state index in [4.69, 9.17) is 11.5 Å². The molecule has 1 unspecified atom stereocenters. The molecule has 1 aliphatic heterocycles. The van der Waals surface area contributed by atoms with Crippen molar-refractivity contribution in [2.75, 3.05) is 16.8 Å². The Morgan fingerprint density at radius 3 is 2.33 bits per heavy atom. The van der Waals surface area contributed by atoms with Gasteiger partial charge in [-0.2, -0.15) is 0 Å². The largest absolute Gasteiger partial charge is 0.397 e. The summed E-state index contributed by atoms with van der Waals surface area (Å²) in [5.74, 6) is -0.127. The van der Waals surface area contributed by atoms with Gasteiger partial charge in [-0.1, -0.05) is 0 Å². The number of rotatable bonds is 0. The van der Waals surface area contributed by atoms with E-state index in [1.54, 1.807) is 12.1 Å². The van der Waals surface area contributed by atoms with Crippen LogP contribution in [-0.4, -0.2) is 5.91 Å². The highest BCUT2D eigenvalue weighted by molar-refractivity contribution is 6.03. The smallest absolute Gasteiger partial charge is 0.231 e. The van der Waals surface area contributed by atoms with E-state index in [9.17, 15) is 4.79 Å². The van der Waals surface area contributed by atoms with E-state index in [-0.39, 0.29) is 36.6 Å². The SMILES string of the molecule is CC1C(=O)Nc2cc(N)c(N)cc21.Cl.Cl. The van der Waals surface area contributed by atoms with E-state index in [1.165, 1.54) is 0 Å². The van der Waals surface area contributed by atoms with Gasteiger partial charge in [0.2, 0.25) is 5.91 Å². The van der Waals surface area contributed by atoms with Gasteiger partial charge in [0.05, 0.1) is 17.3 Å². The zero-order valence-corrected chi connectivity index (χ0v) is 9.74. The molecular formula is C9H13Cl2N3O. The Balaban J connectivity index is 0.000000980. The van der Waals surface area contributed by atoms with Crippen LogP contribution in [-0.2, 0) is 4.79 Å². The second-order valence-electron chi connectivity index (χ2n) is 3.28. The Labute approximate surface area is 100 Å². The van der Waals surface area contributed by atoms with Crippen molar-refractivity contribution in [3.05, 3.63) is 17.7 Å². The first-order valence-electron chi connectivity index (χ1n) is 4.09. The number of hydrogen-bond donors (Lipinski definition) is 3.